The molecule has 0 aliphatic carbocycles. The number of amides is 2. The van der Waals surface area contributed by atoms with Gasteiger partial charge in [-0.15, -0.1) is 11.3 Å². The molecular weight excluding hydrogens is 559 g/mol. The third kappa shape index (κ3) is 6.16. The summed E-state index contributed by atoms with van der Waals surface area (Å²) in [4.78, 5) is 35.0. The summed E-state index contributed by atoms with van der Waals surface area (Å²) in [5, 5.41) is 11.4. The van der Waals surface area contributed by atoms with Crippen molar-refractivity contribution < 1.29 is 14.3 Å². The number of halogens is 3. The van der Waals surface area contributed by atoms with E-state index in [2.05, 4.69) is 25.9 Å². The van der Waals surface area contributed by atoms with Crippen LogP contribution in [0.2, 0.25) is 15.1 Å². The van der Waals surface area contributed by atoms with Gasteiger partial charge in [-0.25, -0.2) is 9.97 Å². The molecule has 4 rings (SSSR count). The van der Waals surface area contributed by atoms with E-state index in [0.717, 1.165) is 12.1 Å². The topological polar surface area (TPSA) is 110 Å². The molecule has 0 aliphatic rings. The SMILES string of the molecule is CCNc1nccn1Cc1csc(C(=O)Nc2c(OC)cc(Cl)cc2C(=O)Nc2ccc(Cl)cn2)c1Cl. The van der Waals surface area contributed by atoms with Crippen molar-refractivity contribution in [2.75, 3.05) is 29.6 Å². The summed E-state index contributed by atoms with van der Waals surface area (Å²) in [7, 11) is 1.41. The molecule has 0 bridgehead atoms. The van der Waals surface area contributed by atoms with E-state index < -0.39 is 11.8 Å². The summed E-state index contributed by atoms with van der Waals surface area (Å²) in [5.74, 6) is 0.121. The molecule has 0 spiro atoms. The second-order valence-corrected chi connectivity index (χ2v) is 9.74. The van der Waals surface area contributed by atoms with Crippen LogP contribution in [0.1, 0.15) is 32.5 Å². The van der Waals surface area contributed by atoms with Crippen LogP contribution < -0.4 is 20.7 Å². The van der Waals surface area contributed by atoms with Crippen LogP contribution in [-0.4, -0.2) is 40.0 Å². The minimum Gasteiger partial charge on any atom is -0.494 e. The molecule has 3 aromatic heterocycles. The summed E-state index contributed by atoms with van der Waals surface area (Å²) >= 11 is 19.9. The van der Waals surface area contributed by atoms with E-state index in [-0.39, 0.29) is 32.7 Å². The molecule has 9 nitrogen and oxygen atoms in total. The molecule has 13 heteroatoms. The van der Waals surface area contributed by atoms with Crippen LogP contribution in [0.3, 0.4) is 0 Å². The number of nitrogens with one attached hydrogen (secondary N) is 3. The number of benzene rings is 1. The van der Waals surface area contributed by atoms with Gasteiger partial charge in [-0.05, 0) is 30.5 Å². The Balaban J connectivity index is 1.60. The molecule has 0 fully saturated rings. The van der Waals surface area contributed by atoms with Gasteiger partial charge >= 0.3 is 0 Å². The third-order valence-corrected chi connectivity index (χ3v) is 7.15. The van der Waals surface area contributed by atoms with Gasteiger partial charge in [0.05, 0.1) is 35.0 Å². The van der Waals surface area contributed by atoms with Crippen molar-refractivity contribution in [1.29, 1.82) is 0 Å². The number of nitrogens with zero attached hydrogens (tertiary/aromatic N) is 3. The fraction of sp³-hybridized carbons (Fsp3) is 0.167. The van der Waals surface area contributed by atoms with Crippen LogP contribution in [0.5, 0.6) is 5.75 Å². The standard InChI is InChI=1S/C24H21Cl3N6O3S/c1-3-28-24-29-6-7-33(24)11-13-12-37-21(19(13)27)23(35)32-20-16(8-15(26)9-17(20)36-2)22(34)31-18-5-4-14(25)10-30-18/h4-10,12H,3,11H2,1-2H3,(H,28,29)(H,32,35)(H,30,31,34). The summed E-state index contributed by atoms with van der Waals surface area (Å²) in [6.45, 7) is 3.12. The Morgan fingerprint density at radius 2 is 1.89 bits per heavy atom. The molecule has 2 amide bonds. The van der Waals surface area contributed by atoms with E-state index in [9.17, 15) is 9.59 Å². The maximum atomic E-state index is 13.3. The number of rotatable bonds is 9. The molecule has 192 valence electrons. The number of pyridine rings is 1. The van der Waals surface area contributed by atoms with Gasteiger partial charge < -0.3 is 25.3 Å². The zero-order valence-electron chi connectivity index (χ0n) is 19.6. The Morgan fingerprint density at radius 1 is 1.08 bits per heavy atom. The molecule has 0 saturated heterocycles. The summed E-state index contributed by atoms with van der Waals surface area (Å²) in [5.41, 5.74) is 0.971. The first-order chi connectivity index (χ1) is 17.8. The van der Waals surface area contributed by atoms with Gasteiger partial charge in [-0.2, -0.15) is 0 Å². The quantitative estimate of drug-likeness (QED) is 0.215. The minimum atomic E-state index is -0.556. The van der Waals surface area contributed by atoms with E-state index in [1.54, 1.807) is 18.3 Å². The highest BCUT2D eigenvalue weighted by atomic mass is 35.5. The van der Waals surface area contributed by atoms with Crippen LogP contribution >= 0.6 is 46.1 Å². The molecule has 3 heterocycles. The van der Waals surface area contributed by atoms with Crippen LogP contribution in [-0.2, 0) is 6.54 Å². The van der Waals surface area contributed by atoms with Crippen LogP contribution in [0, 0.1) is 0 Å². The first kappa shape index (κ1) is 26.7. The van der Waals surface area contributed by atoms with Crippen molar-refractivity contribution in [2.24, 2.45) is 0 Å². The van der Waals surface area contributed by atoms with Crippen molar-refractivity contribution in [2.45, 2.75) is 13.5 Å². The Kier molecular flexibility index (Phi) is 8.55. The van der Waals surface area contributed by atoms with Crippen LogP contribution in [0.25, 0.3) is 0 Å². The number of hydrogen-bond donors (Lipinski definition) is 3. The number of imidazole rings is 1. The average Bonchev–Trinajstić information content (AvgIpc) is 3.47. The number of anilines is 3. The lowest BCUT2D eigenvalue weighted by atomic mass is 10.1. The van der Waals surface area contributed by atoms with Gasteiger partial charge in [-0.1, -0.05) is 34.8 Å². The smallest absolute Gasteiger partial charge is 0.267 e. The lowest BCUT2D eigenvalue weighted by Gasteiger charge is -2.15. The van der Waals surface area contributed by atoms with Crippen molar-refractivity contribution in [3.8, 4) is 5.75 Å². The zero-order valence-corrected chi connectivity index (χ0v) is 22.7. The number of ether oxygens (including phenoxy) is 1. The molecular formula is C24H21Cl3N6O3S. The van der Waals surface area contributed by atoms with Gasteiger partial charge in [-0.3, -0.25) is 9.59 Å². The number of carbonyl (C=O) groups excluding carboxylic acids is 2. The lowest BCUT2D eigenvalue weighted by Crippen LogP contribution is -2.19. The highest BCUT2D eigenvalue weighted by Crippen LogP contribution is 2.35. The van der Waals surface area contributed by atoms with Gasteiger partial charge in [0.2, 0.25) is 5.95 Å². The zero-order chi connectivity index (χ0) is 26.5. The third-order valence-electron chi connectivity index (χ3n) is 5.14. The molecule has 4 aromatic rings. The summed E-state index contributed by atoms with van der Waals surface area (Å²) in [6.07, 6.45) is 4.91. The molecule has 0 atom stereocenters. The lowest BCUT2D eigenvalue weighted by molar-refractivity contribution is 0.102. The molecule has 1 aromatic carbocycles. The monoisotopic (exact) mass is 578 g/mol. The maximum Gasteiger partial charge on any atom is 0.267 e. The number of hydrogen-bond acceptors (Lipinski definition) is 7. The second kappa shape index (κ2) is 11.8. The van der Waals surface area contributed by atoms with Gasteiger partial charge in [0.1, 0.15) is 16.4 Å². The average molecular weight is 580 g/mol. The van der Waals surface area contributed by atoms with Crippen LogP contribution in [0.15, 0.2) is 48.2 Å². The first-order valence-corrected chi connectivity index (χ1v) is 12.9. The normalized spacial score (nSPS) is 10.7. The van der Waals surface area contributed by atoms with Gasteiger partial charge in [0, 0.05) is 41.8 Å². The Morgan fingerprint density at radius 3 is 2.59 bits per heavy atom. The Labute approximate surface area is 231 Å². The molecule has 0 saturated carbocycles. The Bertz CT molecular complexity index is 1440. The number of methoxy groups -OCH3 is 1. The van der Waals surface area contributed by atoms with E-state index in [0.29, 0.717) is 22.5 Å². The predicted molar refractivity (Wildman–Crippen MR) is 148 cm³/mol. The van der Waals surface area contributed by atoms with E-state index >= 15 is 0 Å². The largest absolute Gasteiger partial charge is 0.494 e. The fourth-order valence-corrected chi connectivity index (χ4v) is 5.00. The second-order valence-electron chi connectivity index (χ2n) is 7.61. The predicted octanol–water partition coefficient (Wildman–Crippen LogP) is 6.29. The van der Waals surface area contributed by atoms with Crippen molar-refractivity contribution >= 4 is 75.4 Å². The molecule has 3 N–H and O–H groups in total. The van der Waals surface area contributed by atoms with Crippen molar-refractivity contribution in [3.63, 3.8) is 0 Å². The van der Waals surface area contributed by atoms with Crippen LogP contribution in [0.4, 0.5) is 17.5 Å². The summed E-state index contributed by atoms with van der Waals surface area (Å²) in [6, 6.07) is 6.06. The molecule has 0 unspecified atom stereocenters. The Hall–Kier alpha value is -3.31. The molecule has 0 radical (unpaired) electrons. The highest BCUT2D eigenvalue weighted by molar-refractivity contribution is 7.13. The van der Waals surface area contributed by atoms with Gasteiger partial charge in [0.15, 0.2) is 0 Å². The van der Waals surface area contributed by atoms with Crippen molar-refractivity contribution in [1.82, 2.24) is 14.5 Å². The summed E-state index contributed by atoms with van der Waals surface area (Å²) < 4.78 is 7.30. The van der Waals surface area contributed by atoms with E-state index in [1.807, 2.05) is 23.1 Å². The highest BCUT2D eigenvalue weighted by Gasteiger charge is 2.23. The number of thiophene rings is 1. The minimum absolute atomic E-state index is 0.0797. The fourth-order valence-electron chi connectivity index (χ4n) is 3.44. The molecule has 0 aliphatic heterocycles. The van der Waals surface area contributed by atoms with E-state index in [1.165, 1.54) is 36.8 Å². The van der Waals surface area contributed by atoms with E-state index in [4.69, 9.17) is 39.5 Å². The number of aromatic nitrogens is 3. The number of carbonyl (C=O) groups is 2. The van der Waals surface area contributed by atoms with Gasteiger partial charge in [0.25, 0.3) is 11.8 Å². The molecule has 37 heavy (non-hydrogen) atoms. The maximum absolute atomic E-state index is 13.3. The first-order valence-electron chi connectivity index (χ1n) is 10.9. The van der Waals surface area contributed by atoms with Crippen molar-refractivity contribution in [3.05, 3.63) is 79.3 Å².